The standard InChI is InChI=1S/C9H14O2/c1-7-4-9(5-7)6-8(10)2-3-11-9/h7H,2-6H2,1H3. The number of hydrogen-bond acceptors (Lipinski definition) is 2. The van der Waals surface area contributed by atoms with Gasteiger partial charge in [0.2, 0.25) is 0 Å². The lowest BCUT2D eigenvalue weighted by Gasteiger charge is -2.47. The Kier molecular flexibility index (Phi) is 1.53. The Morgan fingerprint density at radius 3 is 2.82 bits per heavy atom. The maximum atomic E-state index is 11.1. The number of Topliss-reactive ketones (excluding diaryl/α,β-unsaturated/α-hetero) is 1. The van der Waals surface area contributed by atoms with Crippen molar-refractivity contribution < 1.29 is 9.53 Å². The molecule has 2 nitrogen and oxygen atoms in total. The van der Waals surface area contributed by atoms with Crippen LogP contribution in [0.1, 0.15) is 32.6 Å². The molecule has 2 aliphatic rings. The molecule has 0 aromatic heterocycles. The number of ether oxygens (including phenoxy) is 1. The van der Waals surface area contributed by atoms with Crippen molar-refractivity contribution in [3.63, 3.8) is 0 Å². The molecule has 1 aliphatic carbocycles. The first-order valence-electron chi connectivity index (χ1n) is 4.36. The Balaban J connectivity index is 1.98. The molecule has 2 heteroatoms. The molecule has 0 unspecified atom stereocenters. The molecule has 0 aromatic carbocycles. The first kappa shape index (κ1) is 7.29. The van der Waals surface area contributed by atoms with Crippen LogP contribution in [0.4, 0.5) is 0 Å². The van der Waals surface area contributed by atoms with E-state index in [0.29, 0.717) is 25.2 Å². The molecule has 1 saturated heterocycles. The van der Waals surface area contributed by atoms with Gasteiger partial charge in [0.05, 0.1) is 12.2 Å². The molecular formula is C9H14O2. The summed E-state index contributed by atoms with van der Waals surface area (Å²) in [5, 5.41) is 0. The quantitative estimate of drug-likeness (QED) is 0.529. The van der Waals surface area contributed by atoms with Crippen LogP contribution in [-0.2, 0) is 9.53 Å². The van der Waals surface area contributed by atoms with Gasteiger partial charge in [-0.25, -0.2) is 0 Å². The van der Waals surface area contributed by atoms with E-state index in [0.717, 1.165) is 18.8 Å². The van der Waals surface area contributed by atoms with Gasteiger partial charge in [0.1, 0.15) is 5.78 Å². The van der Waals surface area contributed by atoms with Crippen molar-refractivity contribution in [2.45, 2.75) is 38.2 Å². The third-order valence-electron chi connectivity index (χ3n) is 2.75. The predicted molar refractivity (Wildman–Crippen MR) is 41.3 cm³/mol. The highest BCUT2D eigenvalue weighted by atomic mass is 16.5. The molecule has 2 fully saturated rings. The summed E-state index contributed by atoms with van der Waals surface area (Å²) in [7, 11) is 0. The van der Waals surface area contributed by atoms with E-state index in [2.05, 4.69) is 6.92 Å². The average Bonchev–Trinajstić information content (AvgIpc) is 1.84. The first-order valence-corrected chi connectivity index (χ1v) is 4.36. The van der Waals surface area contributed by atoms with E-state index in [1.165, 1.54) is 0 Å². The second kappa shape index (κ2) is 2.31. The van der Waals surface area contributed by atoms with E-state index in [1.807, 2.05) is 0 Å². The molecule has 0 N–H and O–H groups in total. The van der Waals surface area contributed by atoms with Gasteiger partial charge in [0, 0.05) is 12.8 Å². The van der Waals surface area contributed by atoms with Crippen LogP contribution in [0.2, 0.25) is 0 Å². The molecule has 0 bridgehead atoms. The van der Waals surface area contributed by atoms with Gasteiger partial charge in [0.15, 0.2) is 0 Å². The molecule has 0 atom stereocenters. The number of carbonyl (C=O) groups excluding carboxylic acids is 1. The molecular weight excluding hydrogens is 140 g/mol. The van der Waals surface area contributed by atoms with E-state index in [-0.39, 0.29) is 5.60 Å². The van der Waals surface area contributed by atoms with Gasteiger partial charge in [-0.05, 0) is 18.8 Å². The molecule has 0 aromatic rings. The van der Waals surface area contributed by atoms with E-state index < -0.39 is 0 Å². The molecule has 1 aliphatic heterocycles. The van der Waals surface area contributed by atoms with Crippen LogP contribution in [0, 0.1) is 5.92 Å². The Bertz CT molecular complexity index is 174. The lowest BCUT2D eigenvalue weighted by molar-refractivity contribution is -0.164. The molecule has 11 heavy (non-hydrogen) atoms. The van der Waals surface area contributed by atoms with Crippen LogP contribution in [-0.4, -0.2) is 18.0 Å². The number of ketones is 1. The summed E-state index contributed by atoms with van der Waals surface area (Å²) >= 11 is 0. The minimum absolute atomic E-state index is 0.00521. The molecule has 0 amide bonds. The third kappa shape index (κ3) is 1.20. The van der Waals surface area contributed by atoms with Crippen LogP contribution < -0.4 is 0 Å². The van der Waals surface area contributed by atoms with Crippen molar-refractivity contribution in [2.24, 2.45) is 5.92 Å². The van der Waals surface area contributed by atoms with Crippen molar-refractivity contribution in [3.8, 4) is 0 Å². The lowest BCUT2D eigenvalue weighted by atomic mass is 9.68. The Hall–Kier alpha value is -0.370. The van der Waals surface area contributed by atoms with E-state index in [9.17, 15) is 4.79 Å². The maximum Gasteiger partial charge on any atom is 0.138 e. The zero-order valence-corrected chi connectivity index (χ0v) is 6.93. The topological polar surface area (TPSA) is 26.3 Å². The Labute approximate surface area is 66.9 Å². The van der Waals surface area contributed by atoms with Gasteiger partial charge in [-0.15, -0.1) is 0 Å². The minimum atomic E-state index is -0.00521. The summed E-state index contributed by atoms with van der Waals surface area (Å²) in [6.45, 7) is 2.87. The number of hydrogen-bond donors (Lipinski definition) is 0. The van der Waals surface area contributed by atoms with Crippen molar-refractivity contribution >= 4 is 5.78 Å². The van der Waals surface area contributed by atoms with E-state index in [4.69, 9.17) is 4.74 Å². The smallest absolute Gasteiger partial charge is 0.138 e. The summed E-state index contributed by atoms with van der Waals surface area (Å²) < 4.78 is 5.62. The highest BCUT2D eigenvalue weighted by Gasteiger charge is 2.46. The van der Waals surface area contributed by atoms with Crippen molar-refractivity contribution in [1.29, 1.82) is 0 Å². The zero-order chi connectivity index (χ0) is 7.90. The fourth-order valence-electron chi connectivity index (χ4n) is 2.35. The van der Waals surface area contributed by atoms with Gasteiger partial charge in [-0.3, -0.25) is 4.79 Å². The van der Waals surface area contributed by atoms with Crippen LogP contribution >= 0.6 is 0 Å². The largest absolute Gasteiger partial charge is 0.374 e. The molecule has 2 rings (SSSR count). The summed E-state index contributed by atoms with van der Waals surface area (Å²) in [6.07, 6.45) is 3.50. The van der Waals surface area contributed by atoms with Gasteiger partial charge in [-0.1, -0.05) is 6.92 Å². The normalized spacial score (nSPS) is 44.1. The van der Waals surface area contributed by atoms with Gasteiger partial charge in [0.25, 0.3) is 0 Å². The fourth-order valence-corrected chi connectivity index (χ4v) is 2.35. The van der Waals surface area contributed by atoms with E-state index >= 15 is 0 Å². The van der Waals surface area contributed by atoms with Crippen molar-refractivity contribution in [1.82, 2.24) is 0 Å². The molecule has 1 heterocycles. The SMILES string of the molecule is CC1CC2(CC(=O)CCO2)C1. The molecule has 0 radical (unpaired) electrons. The molecule has 1 spiro atoms. The van der Waals surface area contributed by atoms with Crippen LogP contribution in [0.25, 0.3) is 0 Å². The summed E-state index contributed by atoms with van der Waals surface area (Å²) in [6, 6.07) is 0. The average molecular weight is 154 g/mol. The van der Waals surface area contributed by atoms with Gasteiger partial charge in [-0.2, -0.15) is 0 Å². The van der Waals surface area contributed by atoms with Crippen LogP contribution in [0.3, 0.4) is 0 Å². The second-order valence-electron chi connectivity index (χ2n) is 4.01. The van der Waals surface area contributed by atoms with Crippen molar-refractivity contribution in [3.05, 3.63) is 0 Å². The van der Waals surface area contributed by atoms with Crippen LogP contribution in [0.5, 0.6) is 0 Å². The zero-order valence-electron chi connectivity index (χ0n) is 6.93. The lowest BCUT2D eigenvalue weighted by Crippen LogP contribution is -2.49. The fraction of sp³-hybridized carbons (Fsp3) is 0.889. The first-order chi connectivity index (χ1) is 5.20. The van der Waals surface area contributed by atoms with Crippen LogP contribution in [0.15, 0.2) is 0 Å². The summed E-state index contributed by atoms with van der Waals surface area (Å²) in [4.78, 5) is 11.1. The summed E-state index contributed by atoms with van der Waals surface area (Å²) in [5.41, 5.74) is -0.00521. The Morgan fingerprint density at radius 2 is 2.27 bits per heavy atom. The number of rotatable bonds is 0. The second-order valence-corrected chi connectivity index (χ2v) is 4.01. The summed E-state index contributed by atoms with van der Waals surface area (Å²) in [5.74, 6) is 1.16. The Morgan fingerprint density at radius 1 is 1.55 bits per heavy atom. The number of carbonyl (C=O) groups is 1. The molecule has 1 saturated carbocycles. The molecule has 62 valence electrons. The minimum Gasteiger partial charge on any atom is -0.374 e. The van der Waals surface area contributed by atoms with Gasteiger partial charge < -0.3 is 4.74 Å². The monoisotopic (exact) mass is 154 g/mol. The highest BCUT2D eigenvalue weighted by molar-refractivity contribution is 5.80. The van der Waals surface area contributed by atoms with Gasteiger partial charge >= 0.3 is 0 Å². The highest BCUT2D eigenvalue weighted by Crippen LogP contribution is 2.45. The third-order valence-corrected chi connectivity index (χ3v) is 2.75. The maximum absolute atomic E-state index is 11.1. The predicted octanol–water partition coefficient (Wildman–Crippen LogP) is 1.53. The van der Waals surface area contributed by atoms with E-state index in [1.54, 1.807) is 0 Å². The van der Waals surface area contributed by atoms with Crippen molar-refractivity contribution in [2.75, 3.05) is 6.61 Å².